The van der Waals surface area contributed by atoms with E-state index in [2.05, 4.69) is 11.4 Å². The van der Waals surface area contributed by atoms with E-state index in [-0.39, 0.29) is 36.4 Å². The number of rotatable bonds is 9. The number of fused-ring (bicyclic) bond motifs is 1. The molecule has 1 fully saturated rings. The zero-order chi connectivity index (χ0) is 23.2. The van der Waals surface area contributed by atoms with Gasteiger partial charge < -0.3 is 19.3 Å². The van der Waals surface area contributed by atoms with Crippen molar-refractivity contribution in [2.24, 2.45) is 5.92 Å². The Balaban J connectivity index is 1.48. The summed E-state index contributed by atoms with van der Waals surface area (Å²) in [5.41, 5.74) is 1.16. The van der Waals surface area contributed by atoms with Crippen LogP contribution in [0.5, 0.6) is 5.75 Å². The van der Waals surface area contributed by atoms with Gasteiger partial charge in [-0.25, -0.2) is 0 Å². The highest BCUT2D eigenvalue weighted by atomic mass is 32.1. The van der Waals surface area contributed by atoms with E-state index in [4.69, 9.17) is 9.47 Å². The molecule has 6 nitrogen and oxygen atoms in total. The van der Waals surface area contributed by atoms with Gasteiger partial charge in [0.15, 0.2) is 0 Å². The fraction of sp³-hybridized carbons (Fsp3) is 0.538. The Kier molecular flexibility index (Phi) is 8.04. The van der Waals surface area contributed by atoms with Crippen molar-refractivity contribution in [3.05, 3.63) is 52.2 Å². The molecular weight excluding hydrogens is 436 g/mol. The first kappa shape index (κ1) is 23.8. The Labute approximate surface area is 200 Å². The standard InChI is InChI=1S/C26H34N2O4S/c1-19(2)15-25(29)27(16-21-9-6-13-31-21)17-26(30)28-12-10-24-22(11-14-33-24)23(28)18-32-20-7-4-3-5-8-20/h3-5,7-8,11,14,19,21,23H,6,9-10,12-13,15-18H2,1-2H3/t21-,23+/m1/s1. The van der Waals surface area contributed by atoms with E-state index in [1.165, 1.54) is 4.88 Å². The molecule has 33 heavy (non-hydrogen) atoms. The number of nitrogens with zero attached hydrogens (tertiary/aromatic N) is 2. The lowest BCUT2D eigenvalue weighted by molar-refractivity contribution is -0.144. The van der Waals surface area contributed by atoms with E-state index in [0.29, 0.717) is 26.1 Å². The quantitative estimate of drug-likeness (QED) is 0.548. The average Bonchev–Trinajstić information content (AvgIpc) is 3.49. The van der Waals surface area contributed by atoms with E-state index in [1.54, 1.807) is 16.2 Å². The second kappa shape index (κ2) is 11.2. The molecule has 178 valence electrons. The first-order chi connectivity index (χ1) is 16.0. The number of carbonyl (C=O) groups is 2. The molecule has 0 spiro atoms. The molecule has 2 aliphatic heterocycles. The fourth-order valence-corrected chi connectivity index (χ4v) is 5.52. The predicted molar refractivity (Wildman–Crippen MR) is 129 cm³/mol. The second-order valence-corrected chi connectivity index (χ2v) is 10.3. The summed E-state index contributed by atoms with van der Waals surface area (Å²) in [5.74, 6) is 1.04. The Morgan fingerprint density at radius 3 is 2.79 bits per heavy atom. The minimum Gasteiger partial charge on any atom is -0.491 e. The van der Waals surface area contributed by atoms with Crippen LogP contribution in [-0.2, 0) is 20.7 Å². The summed E-state index contributed by atoms with van der Waals surface area (Å²) in [6.07, 6.45) is 3.25. The predicted octanol–water partition coefficient (Wildman–Crippen LogP) is 4.31. The Hall–Kier alpha value is -2.38. The van der Waals surface area contributed by atoms with Crippen LogP contribution < -0.4 is 4.74 Å². The molecule has 0 radical (unpaired) electrons. The van der Waals surface area contributed by atoms with Crippen LogP contribution in [0.2, 0.25) is 0 Å². The molecule has 0 bridgehead atoms. The van der Waals surface area contributed by atoms with Crippen LogP contribution >= 0.6 is 11.3 Å². The van der Waals surface area contributed by atoms with Crippen LogP contribution in [0.1, 0.15) is 49.6 Å². The first-order valence-corrected chi connectivity index (χ1v) is 12.8. The lowest BCUT2D eigenvalue weighted by Crippen LogP contribution is -2.49. The van der Waals surface area contributed by atoms with Crippen LogP contribution in [0.3, 0.4) is 0 Å². The number of benzene rings is 1. The number of carbonyl (C=O) groups excluding carboxylic acids is 2. The van der Waals surface area contributed by atoms with Gasteiger partial charge in [0.25, 0.3) is 0 Å². The third kappa shape index (κ3) is 6.15. The van der Waals surface area contributed by atoms with Gasteiger partial charge in [-0.15, -0.1) is 11.3 Å². The molecule has 2 aliphatic rings. The fourth-order valence-electron chi connectivity index (χ4n) is 4.59. The lowest BCUT2D eigenvalue weighted by atomic mass is 10.00. The van der Waals surface area contributed by atoms with Crippen LogP contribution in [0.15, 0.2) is 41.8 Å². The summed E-state index contributed by atoms with van der Waals surface area (Å²) in [6.45, 7) is 6.41. The largest absolute Gasteiger partial charge is 0.491 e. The number of hydrogen-bond acceptors (Lipinski definition) is 5. The molecule has 2 aromatic rings. The summed E-state index contributed by atoms with van der Waals surface area (Å²) in [7, 11) is 0. The second-order valence-electron chi connectivity index (χ2n) is 9.28. The maximum absolute atomic E-state index is 13.6. The maximum Gasteiger partial charge on any atom is 0.242 e. The summed E-state index contributed by atoms with van der Waals surface area (Å²) in [5, 5.41) is 2.09. The highest BCUT2D eigenvalue weighted by Crippen LogP contribution is 2.34. The maximum atomic E-state index is 13.6. The van der Waals surface area contributed by atoms with Crippen molar-refractivity contribution in [3.63, 3.8) is 0 Å². The van der Waals surface area contributed by atoms with Gasteiger partial charge in [-0.05, 0) is 54.3 Å². The molecular formula is C26H34N2O4S. The van der Waals surface area contributed by atoms with Crippen LogP contribution in [0, 0.1) is 5.92 Å². The molecule has 1 aromatic heterocycles. The third-order valence-electron chi connectivity index (χ3n) is 6.28. The number of hydrogen-bond donors (Lipinski definition) is 0. The van der Waals surface area contributed by atoms with Gasteiger partial charge in [0.05, 0.1) is 18.7 Å². The monoisotopic (exact) mass is 470 g/mol. The molecule has 0 aliphatic carbocycles. The van der Waals surface area contributed by atoms with Gasteiger partial charge in [-0.1, -0.05) is 32.0 Å². The van der Waals surface area contributed by atoms with E-state index < -0.39 is 0 Å². The minimum atomic E-state index is -0.155. The normalized spacial score (nSPS) is 20.0. The van der Waals surface area contributed by atoms with Crippen LogP contribution in [0.4, 0.5) is 0 Å². The first-order valence-electron chi connectivity index (χ1n) is 11.9. The van der Waals surface area contributed by atoms with Crippen molar-refractivity contribution in [2.75, 3.05) is 32.8 Å². The van der Waals surface area contributed by atoms with Gasteiger partial charge in [0, 0.05) is 31.0 Å². The van der Waals surface area contributed by atoms with Gasteiger partial charge >= 0.3 is 0 Å². The molecule has 1 saturated heterocycles. The van der Waals surface area contributed by atoms with Gasteiger partial charge in [0.1, 0.15) is 12.4 Å². The highest BCUT2D eigenvalue weighted by Gasteiger charge is 2.34. The molecule has 0 N–H and O–H groups in total. The molecule has 4 rings (SSSR count). The van der Waals surface area contributed by atoms with Crippen molar-refractivity contribution >= 4 is 23.2 Å². The molecule has 2 atom stereocenters. The van der Waals surface area contributed by atoms with Crippen molar-refractivity contribution < 1.29 is 19.1 Å². The summed E-state index contributed by atoms with van der Waals surface area (Å²) in [4.78, 5) is 31.5. The topological polar surface area (TPSA) is 59.1 Å². The van der Waals surface area contributed by atoms with Crippen molar-refractivity contribution in [3.8, 4) is 5.75 Å². The number of thiophene rings is 1. The van der Waals surface area contributed by atoms with Crippen molar-refractivity contribution in [1.29, 1.82) is 0 Å². The summed E-state index contributed by atoms with van der Waals surface area (Å²) < 4.78 is 11.8. The average molecular weight is 471 g/mol. The Morgan fingerprint density at radius 1 is 1.24 bits per heavy atom. The van der Waals surface area contributed by atoms with E-state index in [9.17, 15) is 9.59 Å². The Bertz CT molecular complexity index is 923. The van der Waals surface area contributed by atoms with Crippen molar-refractivity contribution in [1.82, 2.24) is 9.80 Å². The van der Waals surface area contributed by atoms with Gasteiger partial charge in [0.2, 0.25) is 11.8 Å². The SMILES string of the molecule is CC(C)CC(=O)N(CC(=O)N1CCc2sccc2[C@@H]1COc1ccccc1)C[C@H]1CCCO1. The number of para-hydroxylation sites is 1. The van der Waals surface area contributed by atoms with Gasteiger partial charge in [-0.3, -0.25) is 9.59 Å². The molecule has 1 aromatic carbocycles. The zero-order valence-electron chi connectivity index (χ0n) is 19.6. The van der Waals surface area contributed by atoms with Crippen LogP contribution in [0.25, 0.3) is 0 Å². The molecule has 0 unspecified atom stereocenters. The van der Waals surface area contributed by atoms with Gasteiger partial charge in [-0.2, -0.15) is 0 Å². The number of amides is 2. The molecule has 7 heteroatoms. The molecule has 0 saturated carbocycles. The van der Waals surface area contributed by atoms with Crippen molar-refractivity contribution in [2.45, 2.75) is 51.7 Å². The Morgan fingerprint density at radius 2 is 2.06 bits per heavy atom. The zero-order valence-corrected chi connectivity index (χ0v) is 20.4. The molecule has 3 heterocycles. The molecule has 2 amide bonds. The van der Waals surface area contributed by atoms with E-state index >= 15 is 0 Å². The van der Waals surface area contributed by atoms with Crippen LogP contribution in [-0.4, -0.2) is 60.6 Å². The summed E-state index contributed by atoms with van der Waals surface area (Å²) >= 11 is 1.74. The lowest BCUT2D eigenvalue weighted by Gasteiger charge is -2.37. The van der Waals surface area contributed by atoms with E-state index in [0.717, 1.165) is 37.2 Å². The minimum absolute atomic E-state index is 0.0240. The van der Waals surface area contributed by atoms with E-state index in [1.807, 2.05) is 49.1 Å². The highest BCUT2D eigenvalue weighted by molar-refractivity contribution is 7.10. The summed E-state index contributed by atoms with van der Waals surface area (Å²) in [6, 6.07) is 11.6. The number of ether oxygens (including phenoxy) is 2. The smallest absolute Gasteiger partial charge is 0.242 e. The third-order valence-corrected chi connectivity index (χ3v) is 7.27.